The van der Waals surface area contributed by atoms with Gasteiger partial charge in [0.2, 0.25) is 0 Å². The first-order valence-corrected chi connectivity index (χ1v) is 8.49. The van der Waals surface area contributed by atoms with Gasteiger partial charge in [0.1, 0.15) is 18.5 Å². The summed E-state index contributed by atoms with van der Waals surface area (Å²) in [5.41, 5.74) is 2.36. The molecule has 0 radical (unpaired) electrons. The van der Waals surface area contributed by atoms with Crippen molar-refractivity contribution in [3.8, 4) is 5.75 Å². The fourth-order valence-corrected chi connectivity index (χ4v) is 2.79. The molecule has 0 saturated heterocycles. The number of hydrogen-bond donors (Lipinski definition) is 2. The van der Waals surface area contributed by atoms with E-state index in [0.717, 1.165) is 18.0 Å². The second-order valence-corrected chi connectivity index (χ2v) is 6.42. The van der Waals surface area contributed by atoms with Crippen LogP contribution in [0.15, 0.2) is 18.2 Å². The van der Waals surface area contributed by atoms with Crippen molar-refractivity contribution in [3.63, 3.8) is 0 Å². The smallest absolute Gasteiger partial charge is 0.119 e. The van der Waals surface area contributed by atoms with E-state index in [1.165, 1.54) is 11.1 Å². The number of hydrogen-bond acceptors (Lipinski definition) is 4. The highest BCUT2D eigenvalue weighted by Crippen LogP contribution is 2.16. The maximum Gasteiger partial charge on any atom is 0.119 e. The summed E-state index contributed by atoms with van der Waals surface area (Å²) in [5.74, 6) is 2.59. The molecule has 0 aliphatic rings. The van der Waals surface area contributed by atoms with E-state index in [4.69, 9.17) is 4.74 Å². The number of ether oxygens (including phenoxy) is 1. The maximum absolute atomic E-state index is 9.90. The molecule has 0 fully saturated rings. The summed E-state index contributed by atoms with van der Waals surface area (Å²) < 4.78 is 5.64. The zero-order valence-electron chi connectivity index (χ0n) is 13.0. The molecule has 0 bridgehead atoms. The lowest BCUT2D eigenvalue weighted by Crippen LogP contribution is -2.34. The van der Waals surface area contributed by atoms with Gasteiger partial charge >= 0.3 is 0 Å². The summed E-state index contributed by atoms with van der Waals surface area (Å²) in [4.78, 5) is 0. The molecule has 114 valence electrons. The molecule has 1 aromatic carbocycles. The van der Waals surface area contributed by atoms with Crippen molar-refractivity contribution in [2.75, 3.05) is 31.7 Å². The van der Waals surface area contributed by atoms with E-state index in [9.17, 15) is 5.11 Å². The Hall–Kier alpha value is -0.710. The van der Waals surface area contributed by atoms with Gasteiger partial charge in [-0.3, -0.25) is 0 Å². The number of rotatable bonds is 9. The fraction of sp³-hybridized carbons (Fsp3) is 0.625. The normalized spacial score (nSPS) is 14.1. The van der Waals surface area contributed by atoms with Gasteiger partial charge < -0.3 is 15.2 Å². The van der Waals surface area contributed by atoms with Gasteiger partial charge in [-0.05, 0) is 61.6 Å². The number of nitrogens with one attached hydrogen (secondary N) is 1. The summed E-state index contributed by atoms with van der Waals surface area (Å²) in [6.45, 7) is 8.13. The molecule has 2 unspecified atom stereocenters. The third-order valence-electron chi connectivity index (χ3n) is 2.96. The molecule has 0 aliphatic heterocycles. The Morgan fingerprint density at radius 3 is 2.45 bits per heavy atom. The maximum atomic E-state index is 9.90. The van der Waals surface area contributed by atoms with Gasteiger partial charge in [-0.25, -0.2) is 0 Å². The van der Waals surface area contributed by atoms with Gasteiger partial charge in [0.15, 0.2) is 0 Å². The molecule has 0 aromatic heterocycles. The third kappa shape index (κ3) is 7.17. The number of benzene rings is 1. The van der Waals surface area contributed by atoms with Crippen molar-refractivity contribution in [1.29, 1.82) is 0 Å². The predicted molar refractivity (Wildman–Crippen MR) is 87.8 cm³/mol. The van der Waals surface area contributed by atoms with Crippen LogP contribution in [0, 0.1) is 19.8 Å². The van der Waals surface area contributed by atoms with E-state index in [1.807, 2.05) is 37.7 Å². The van der Waals surface area contributed by atoms with Crippen LogP contribution in [0.1, 0.15) is 18.1 Å². The average Bonchev–Trinajstić information content (AvgIpc) is 2.35. The SMILES string of the molecule is CSCC(C)CNCC(O)COc1cc(C)cc(C)c1. The van der Waals surface area contributed by atoms with Crippen molar-refractivity contribution < 1.29 is 9.84 Å². The minimum Gasteiger partial charge on any atom is -0.491 e. The summed E-state index contributed by atoms with van der Waals surface area (Å²) in [5, 5.41) is 13.2. The molecule has 2 atom stereocenters. The number of aliphatic hydroxyl groups is 1. The van der Waals surface area contributed by atoms with Crippen molar-refractivity contribution in [2.45, 2.75) is 26.9 Å². The van der Waals surface area contributed by atoms with E-state index in [-0.39, 0.29) is 0 Å². The van der Waals surface area contributed by atoms with Crippen LogP contribution >= 0.6 is 11.8 Å². The number of aryl methyl sites for hydroxylation is 2. The van der Waals surface area contributed by atoms with Crippen LogP contribution in [-0.2, 0) is 0 Å². The van der Waals surface area contributed by atoms with Gasteiger partial charge in [0, 0.05) is 6.54 Å². The van der Waals surface area contributed by atoms with Crippen LogP contribution in [0.4, 0.5) is 0 Å². The molecule has 3 nitrogen and oxygen atoms in total. The molecule has 2 N–H and O–H groups in total. The van der Waals surface area contributed by atoms with Crippen molar-refractivity contribution >= 4 is 11.8 Å². The van der Waals surface area contributed by atoms with Crippen molar-refractivity contribution in [3.05, 3.63) is 29.3 Å². The first-order chi connectivity index (χ1) is 9.51. The second kappa shape index (κ2) is 9.27. The van der Waals surface area contributed by atoms with Crippen LogP contribution in [0.2, 0.25) is 0 Å². The highest BCUT2D eigenvalue weighted by molar-refractivity contribution is 7.98. The minimum absolute atomic E-state index is 0.326. The Labute approximate surface area is 127 Å². The van der Waals surface area contributed by atoms with E-state index < -0.39 is 6.10 Å². The first-order valence-electron chi connectivity index (χ1n) is 7.10. The highest BCUT2D eigenvalue weighted by Gasteiger charge is 2.07. The summed E-state index contributed by atoms with van der Waals surface area (Å²) in [6.07, 6.45) is 1.64. The number of aliphatic hydroxyl groups excluding tert-OH is 1. The molecule has 0 aliphatic carbocycles. The monoisotopic (exact) mass is 297 g/mol. The van der Waals surface area contributed by atoms with Crippen LogP contribution in [0.25, 0.3) is 0 Å². The Bertz CT molecular complexity index is 378. The zero-order valence-corrected chi connectivity index (χ0v) is 13.8. The van der Waals surface area contributed by atoms with Gasteiger partial charge in [0.05, 0.1) is 0 Å². The average molecular weight is 297 g/mol. The molecule has 0 saturated carbocycles. The largest absolute Gasteiger partial charge is 0.491 e. The Balaban J connectivity index is 2.24. The van der Waals surface area contributed by atoms with E-state index in [1.54, 1.807) is 0 Å². The Kier molecular flexibility index (Phi) is 8.04. The van der Waals surface area contributed by atoms with Gasteiger partial charge in [-0.15, -0.1) is 0 Å². The topological polar surface area (TPSA) is 41.5 Å². The van der Waals surface area contributed by atoms with Gasteiger partial charge in [0.25, 0.3) is 0 Å². The lowest BCUT2D eigenvalue weighted by atomic mass is 10.1. The van der Waals surface area contributed by atoms with Crippen LogP contribution in [0.3, 0.4) is 0 Å². The predicted octanol–water partition coefficient (Wildman–Crippen LogP) is 2.63. The molecule has 20 heavy (non-hydrogen) atoms. The summed E-state index contributed by atoms with van der Waals surface area (Å²) in [7, 11) is 0. The van der Waals surface area contributed by atoms with Crippen molar-refractivity contribution in [1.82, 2.24) is 5.32 Å². The first kappa shape index (κ1) is 17.3. The standard InChI is InChI=1S/C16H27NO2S/c1-12-5-13(2)7-16(6-12)19-10-15(18)9-17-8-14(3)11-20-4/h5-7,14-15,17-18H,8-11H2,1-4H3. The molecule has 0 heterocycles. The molecule has 0 amide bonds. The summed E-state index contributed by atoms with van der Waals surface area (Å²) >= 11 is 1.85. The van der Waals surface area contributed by atoms with Crippen LogP contribution in [-0.4, -0.2) is 42.9 Å². The molecule has 1 aromatic rings. The Morgan fingerprint density at radius 2 is 1.85 bits per heavy atom. The lowest BCUT2D eigenvalue weighted by molar-refractivity contribution is 0.106. The quantitative estimate of drug-likeness (QED) is 0.735. The second-order valence-electron chi connectivity index (χ2n) is 5.51. The van der Waals surface area contributed by atoms with E-state index in [2.05, 4.69) is 24.6 Å². The summed E-state index contributed by atoms with van der Waals surface area (Å²) in [6, 6.07) is 6.10. The third-order valence-corrected chi connectivity index (χ3v) is 3.86. The molecule has 0 spiro atoms. The van der Waals surface area contributed by atoms with Crippen LogP contribution in [0.5, 0.6) is 5.75 Å². The minimum atomic E-state index is -0.475. The molecular formula is C16H27NO2S. The van der Waals surface area contributed by atoms with Crippen LogP contribution < -0.4 is 10.1 Å². The Morgan fingerprint density at radius 1 is 1.20 bits per heavy atom. The molecule has 4 heteroatoms. The highest BCUT2D eigenvalue weighted by atomic mass is 32.2. The van der Waals surface area contributed by atoms with Crippen molar-refractivity contribution in [2.24, 2.45) is 5.92 Å². The van der Waals surface area contributed by atoms with Gasteiger partial charge in [-0.2, -0.15) is 11.8 Å². The number of thioether (sulfide) groups is 1. The lowest BCUT2D eigenvalue weighted by Gasteiger charge is -2.16. The van der Waals surface area contributed by atoms with E-state index >= 15 is 0 Å². The van der Waals surface area contributed by atoms with Gasteiger partial charge in [-0.1, -0.05) is 13.0 Å². The molecule has 1 rings (SSSR count). The molecular weight excluding hydrogens is 270 g/mol. The zero-order chi connectivity index (χ0) is 15.0. The van der Waals surface area contributed by atoms with E-state index in [0.29, 0.717) is 19.1 Å². The fourth-order valence-electron chi connectivity index (χ4n) is 2.11.